The first-order valence-electron chi connectivity index (χ1n) is 11.3. The summed E-state index contributed by atoms with van der Waals surface area (Å²) in [4.78, 5) is 56.9. The Kier molecular flexibility index (Phi) is 13.1. The lowest BCUT2D eigenvalue weighted by Gasteiger charge is -2.44. The van der Waals surface area contributed by atoms with Gasteiger partial charge in [-0.1, -0.05) is 6.92 Å². The number of hydrogen-bond acceptors (Lipinski definition) is 9. The molecule has 0 radical (unpaired) electrons. The van der Waals surface area contributed by atoms with Crippen LogP contribution < -0.4 is 10.6 Å². The van der Waals surface area contributed by atoms with E-state index >= 15 is 0 Å². The maximum atomic E-state index is 11.8. The molecule has 2 amide bonds. The van der Waals surface area contributed by atoms with E-state index in [4.69, 9.17) is 24.1 Å². The number of unbranched alkanes of at least 4 members (excludes halogenated alkanes) is 1. The number of esters is 2. The Balaban J connectivity index is 2.62. The number of hydrogen-bond donors (Lipinski definition) is 3. The predicted octanol–water partition coefficient (Wildman–Crippen LogP) is 0.515. The molecule has 0 aromatic rings. The van der Waals surface area contributed by atoms with Gasteiger partial charge in [0.05, 0.1) is 6.04 Å². The van der Waals surface area contributed by atoms with Gasteiger partial charge in [-0.15, -0.1) is 0 Å². The quantitative estimate of drug-likeness (QED) is 0.232. The van der Waals surface area contributed by atoms with E-state index in [1.165, 1.54) is 20.8 Å². The number of ether oxygens (including phenoxy) is 4. The Bertz CT molecular complexity index is 712. The van der Waals surface area contributed by atoms with Gasteiger partial charge in [0.15, 0.2) is 6.29 Å². The third-order valence-electron chi connectivity index (χ3n) is 5.15. The highest BCUT2D eigenvalue weighted by Crippen LogP contribution is 2.30. The van der Waals surface area contributed by atoms with Crippen molar-refractivity contribution in [2.75, 3.05) is 19.8 Å². The van der Waals surface area contributed by atoms with Gasteiger partial charge in [0.1, 0.15) is 18.8 Å². The fraction of sp³-hybridized carbons (Fsp3) is 0.773. The van der Waals surface area contributed by atoms with Gasteiger partial charge in [-0.05, 0) is 19.3 Å². The van der Waals surface area contributed by atoms with Crippen LogP contribution in [-0.2, 0) is 42.9 Å². The molecule has 2 unspecified atom stereocenters. The van der Waals surface area contributed by atoms with E-state index < -0.39 is 48.4 Å². The van der Waals surface area contributed by atoms with E-state index in [2.05, 4.69) is 10.6 Å². The van der Waals surface area contributed by atoms with Crippen LogP contribution in [0.3, 0.4) is 0 Å². The van der Waals surface area contributed by atoms with Gasteiger partial charge >= 0.3 is 17.9 Å². The number of nitrogens with one attached hydrogen (secondary N) is 2. The smallest absolute Gasteiger partial charge is 0.303 e. The van der Waals surface area contributed by atoms with E-state index in [9.17, 15) is 24.0 Å². The van der Waals surface area contributed by atoms with Crippen LogP contribution in [0.4, 0.5) is 0 Å². The maximum Gasteiger partial charge on any atom is 0.303 e. The normalized spacial score (nSPS) is 24.1. The van der Waals surface area contributed by atoms with Crippen molar-refractivity contribution in [3.05, 3.63) is 0 Å². The summed E-state index contributed by atoms with van der Waals surface area (Å²) in [5, 5.41) is 14.0. The van der Waals surface area contributed by atoms with E-state index in [0.717, 1.165) is 0 Å². The van der Waals surface area contributed by atoms with Crippen LogP contribution in [0.5, 0.6) is 0 Å². The number of carbonyl (C=O) groups is 5. The highest BCUT2D eigenvalue weighted by molar-refractivity contribution is 5.76. The molecule has 1 rings (SSSR count). The molecule has 0 saturated carbocycles. The highest BCUT2D eigenvalue weighted by Gasteiger charge is 2.46. The molecule has 12 heteroatoms. The Labute approximate surface area is 199 Å². The lowest BCUT2D eigenvalue weighted by atomic mass is 9.88. The minimum Gasteiger partial charge on any atom is -0.481 e. The molecular formula is C22H36N2O10. The molecule has 0 bridgehead atoms. The Morgan fingerprint density at radius 1 is 0.971 bits per heavy atom. The van der Waals surface area contributed by atoms with Gasteiger partial charge in [-0.3, -0.25) is 24.0 Å². The zero-order valence-corrected chi connectivity index (χ0v) is 20.2. The number of carbonyl (C=O) groups excluding carboxylic acids is 4. The molecule has 1 heterocycles. The Morgan fingerprint density at radius 3 is 2.26 bits per heavy atom. The molecule has 1 saturated heterocycles. The molecule has 194 valence electrons. The van der Waals surface area contributed by atoms with Crippen molar-refractivity contribution in [2.24, 2.45) is 5.92 Å². The molecule has 12 nitrogen and oxygen atoms in total. The summed E-state index contributed by atoms with van der Waals surface area (Å²) in [7, 11) is 0. The molecule has 0 aromatic heterocycles. The summed E-state index contributed by atoms with van der Waals surface area (Å²) in [6.45, 7) is 6.04. The van der Waals surface area contributed by atoms with E-state index in [1.807, 2.05) is 0 Å². The second kappa shape index (κ2) is 15.2. The molecule has 34 heavy (non-hydrogen) atoms. The molecule has 0 aromatic carbocycles. The first-order chi connectivity index (χ1) is 16.0. The van der Waals surface area contributed by atoms with Crippen LogP contribution in [-0.4, -0.2) is 79.1 Å². The van der Waals surface area contributed by atoms with Gasteiger partial charge in [0, 0.05) is 52.7 Å². The van der Waals surface area contributed by atoms with Crippen molar-refractivity contribution < 1.29 is 48.0 Å². The zero-order chi connectivity index (χ0) is 25.7. The van der Waals surface area contributed by atoms with Crippen LogP contribution in [0.1, 0.15) is 59.8 Å². The number of aliphatic carboxylic acids is 1. The summed E-state index contributed by atoms with van der Waals surface area (Å²) in [6.07, 6.45) is -0.730. The molecule has 0 spiro atoms. The second-order valence-corrected chi connectivity index (χ2v) is 8.18. The second-order valence-electron chi connectivity index (χ2n) is 8.18. The minimum absolute atomic E-state index is 0.000159. The number of rotatable bonds is 14. The molecule has 5 atom stereocenters. The zero-order valence-electron chi connectivity index (χ0n) is 20.2. The fourth-order valence-corrected chi connectivity index (χ4v) is 3.55. The highest BCUT2D eigenvalue weighted by atomic mass is 16.7. The van der Waals surface area contributed by atoms with Crippen molar-refractivity contribution >= 4 is 29.7 Å². The van der Waals surface area contributed by atoms with Crippen molar-refractivity contribution in [2.45, 2.75) is 84.3 Å². The first kappa shape index (κ1) is 29.3. The lowest BCUT2D eigenvalue weighted by molar-refractivity contribution is -0.262. The van der Waals surface area contributed by atoms with Gasteiger partial charge in [-0.2, -0.15) is 0 Å². The summed E-state index contributed by atoms with van der Waals surface area (Å²) in [5.41, 5.74) is 0. The summed E-state index contributed by atoms with van der Waals surface area (Å²) < 4.78 is 22.2. The largest absolute Gasteiger partial charge is 0.481 e. The SMILES string of the molecule is CC(=O)NC1[C@H](OCCCCC(=O)NCCCC(=O)O)OC(COC(C)=O)[C@H](OC(C)=O)[C@@H]1C. The maximum absolute atomic E-state index is 11.8. The molecular weight excluding hydrogens is 452 g/mol. The average molecular weight is 489 g/mol. The summed E-state index contributed by atoms with van der Waals surface area (Å²) >= 11 is 0. The molecule has 3 N–H and O–H groups in total. The lowest BCUT2D eigenvalue weighted by Crippen LogP contribution is -2.62. The third kappa shape index (κ3) is 11.4. The molecule has 0 aliphatic carbocycles. The van der Waals surface area contributed by atoms with Crippen LogP contribution in [0.25, 0.3) is 0 Å². The van der Waals surface area contributed by atoms with E-state index in [0.29, 0.717) is 25.8 Å². The van der Waals surface area contributed by atoms with Crippen molar-refractivity contribution in [3.63, 3.8) is 0 Å². The van der Waals surface area contributed by atoms with Crippen molar-refractivity contribution in [3.8, 4) is 0 Å². The molecule has 1 aliphatic heterocycles. The van der Waals surface area contributed by atoms with Crippen LogP contribution in [0.15, 0.2) is 0 Å². The Morgan fingerprint density at radius 2 is 1.68 bits per heavy atom. The molecule has 1 aliphatic rings. The fourth-order valence-electron chi connectivity index (χ4n) is 3.55. The number of carboxylic acids is 1. The van der Waals surface area contributed by atoms with Crippen LogP contribution in [0, 0.1) is 5.92 Å². The number of carboxylic acid groups (broad SMARTS) is 1. The standard InChI is InChI=1S/C22H36N2O10/c1-13-20(24-14(2)25)22(34-17(12-32-15(3)26)21(13)33-16(4)27)31-11-6-5-8-18(28)23-10-7-9-19(29)30/h13,17,20-22H,5-12H2,1-4H3,(H,23,28)(H,24,25)(H,29,30)/t13-,17?,20?,21-,22-/m1/s1. The monoisotopic (exact) mass is 488 g/mol. The summed E-state index contributed by atoms with van der Waals surface area (Å²) in [6, 6.07) is -0.618. The Hall–Kier alpha value is -2.73. The third-order valence-corrected chi connectivity index (χ3v) is 5.15. The van der Waals surface area contributed by atoms with Crippen molar-refractivity contribution in [1.82, 2.24) is 10.6 Å². The van der Waals surface area contributed by atoms with Gasteiger partial charge in [0.2, 0.25) is 11.8 Å². The minimum atomic E-state index is -0.905. The molecule has 1 fully saturated rings. The predicted molar refractivity (Wildman–Crippen MR) is 117 cm³/mol. The summed E-state index contributed by atoms with van der Waals surface area (Å²) in [5.74, 6) is -2.83. The van der Waals surface area contributed by atoms with Crippen molar-refractivity contribution in [1.29, 1.82) is 0 Å². The van der Waals surface area contributed by atoms with Crippen LogP contribution >= 0.6 is 0 Å². The number of amides is 2. The van der Waals surface area contributed by atoms with E-state index in [-0.39, 0.29) is 37.9 Å². The van der Waals surface area contributed by atoms with Crippen LogP contribution in [0.2, 0.25) is 0 Å². The topological polar surface area (TPSA) is 167 Å². The average Bonchev–Trinajstić information content (AvgIpc) is 2.73. The van der Waals surface area contributed by atoms with Gasteiger partial charge in [0.25, 0.3) is 0 Å². The van der Waals surface area contributed by atoms with E-state index in [1.54, 1.807) is 6.92 Å². The van der Waals surface area contributed by atoms with Gasteiger partial charge < -0.3 is 34.7 Å². The first-order valence-corrected chi connectivity index (χ1v) is 11.3. The van der Waals surface area contributed by atoms with Gasteiger partial charge in [-0.25, -0.2) is 0 Å².